The molecule has 2 aromatic heterocycles. The summed E-state index contributed by atoms with van der Waals surface area (Å²) in [6.45, 7) is 6.13. The predicted molar refractivity (Wildman–Crippen MR) is 123 cm³/mol. The molecule has 0 unspecified atom stereocenters. The van der Waals surface area contributed by atoms with Crippen LogP contribution in [-0.4, -0.2) is 52.1 Å². The van der Waals surface area contributed by atoms with Crippen LogP contribution in [0.25, 0.3) is 0 Å². The van der Waals surface area contributed by atoms with Gasteiger partial charge in [-0.1, -0.05) is 18.7 Å². The van der Waals surface area contributed by atoms with E-state index in [-0.39, 0.29) is 11.7 Å². The van der Waals surface area contributed by atoms with Crippen molar-refractivity contribution in [2.24, 2.45) is 0 Å². The molecule has 168 valence electrons. The summed E-state index contributed by atoms with van der Waals surface area (Å²) < 4.78 is 7.35. The number of hydrogen-bond donors (Lipinski definition) is 1. The van der Waals surface area contributed by atoms with Gasteiger partial charge in [-0.15, -0.1) is 21.5 Å². The van der Waals surface area contributed by atoms with Gasteiger partial charge in [0, 0.05) is 24.0 Å². The fraction of sp³-hybridized carbons (Fsp3) is 0.619. The average Bonchev–Trinajstić information content (AvgIpc) is 3.40. The molecular formula is C21H29N5O3S2. The number of amides is 1. The number of esters is 1. The van der Waals surface area contributed by atoms with Crippen LogP contribution in [0.5, 0.6) is 0 Å². The first-order chi connectivity index (χ1) is 15.1. The van der Waals surface area contributed by atoms with Crippen molar-refractivity contribution >= 4 is 45.9 Å². The third kappa shape index (κ3) is 5.23. The molecule has 8 nitrogen and oxygen atoms in total. The van der Waals surface area contributed by atoms with E-state index in [0.29, 0.717) is 23.2 Å². The van der Waals surface area contributed by atoms with E-state index in [1.54, 1.807) is 13.0 Å². The summed E-state index contributed by atoms with van der Waals surface area (Å²) in [5, 5.41) is 13.1. The van der Waals surface area contributed by atoms with Crippen molar-refractivity contribution in [3.05, 3.63) is 16.5 Å². The Morgan fingerprint density at radius 2 is 2.00 bits per heavy atom. The maximum absolute atomic E-state index is 12.7. The van der Waals surface area contributed by atoms with Crippen LogP contribution >= 0.6 is 23.1 Å². The summed E-state index contributed by atoms with van der Waals surface area (Å²) >= 11 is 2.83. The molecule has 1 aliphatic carbocycles. The van der Waals surface area contributed by atoms with E-state index in [1.165, 1.54) is 42.4 Å². The molecule has 2 fully saturated rings. The van der Waals surface area contributed by atoms with Gasteiger partial charge < -0.3 is 15.0 Å². The molecule has 1 N–H and O–H groups in total. The largest absolute Gasteiger partial charge is 0.462 e. The van der Waals surface area contributed by atoms with Crippen LogP contribution < -0.4 is 10.2 Å². The number of aromatic nitrogens is 3. The predicted octanol–water partition coefficient (Wildman–Crippen LogP) is 4.13. The Labute approximate surface area is 190 Å². The number of carbonyl (C=O) groups excluding carboxylic acids is 2. The number of aryl methyl sites for hydroxylation is 1. The van der Waals surface area contributed by atoms with Gasteiger partial charge in [-0.05, 0) is 51.5 Å². The number of rotatable bonds is 9. The number of nitrogens with one attached hydrogen (secondary N) is 1. The van der Waals surface area contributed by atoms with Gasteiger partial charge in [0.2, 0.25) is 11.9 Å². The van der Waals surface area contributed by atoms with Crippen LogP contribution in [0.1, 0.15) is 67.2 Å². The molecule has 2 aromatic rings. The Hall–Kier alpha value is -2.07. The van der Waals surface area contributed by atoms with Crippen molar-refractivity contribution in [3.63, 3.8) is 0 Å². The van der Waals surface area contributed by atoms with Crippen molar-refractivity contribution in [3.8, 4) is 0 Å². The number of carbonyl (C=O) groups is 2. The number of nitrogens with zero attached hydrogens (tertiary/aromatic N) is 4. The summed E-state index contributed by atoms with van der Waals surface area (Å²) in [7, 11) is 0. The van der Waals surface area contributed by atoms with Gasteiger partial charge in [-0.25, -0.2) is 4.79 Å². The minimum Gasteiger partial charge on any atom is -0.462 e. The molecule has 1 amide bonds. The lowest BCUT2D eigenvalue weighted by Gasteiger charge is -2.27. The van der Waals surface area contributed by atoms with Crippen LogP contribution in [0, 0.1) is 0 Å². The molecule has 10 heteroatoms. The van der Waals surface area contributed by atoms with E-state index >= 15 is 0 Å². The Bertz CT molecular complexity index is 932. The average molecular weight is 464 g/mol. The number of piperidine rings is 1. The SMILES string of the molecule is CCOC(=O)c1cc(CC)sc1NC(=O)CSc1nnc(N2CCCCC2)n1C1CC1. The molecule has 4 rings (SSSR count). The van der Waals surface area contributed by atoms with Gasteiger partial charge >= 0.3 is 5.97 Å². The Kier molecular flexibility index (Phi) is 7.16. The Balaban J connectivity index is 1.42. The lowest BCUT2D eigenvalue weighted by Crippen LogP contribution is -2.32. The minimum atomic E-state index is -0.402. The molecule has 0 atom stereocenters. The van der Waals surface area contributed by atoms with Crippen LogP contribution in [0.2, 0.25) is 0 Å². The van der Waals surface area contributed by atoms with E-state index < -0.39 is 5.97 Å². The zero-order valence-corrected chi connectivity index (χ0v) is 19.7. The molecule has 0 radical (unpaired) electrons. The van der Waals surface area contributed by atoms with Gasteiger partial charge in [0.1, 0.15) is 5.00 Å². The maximum atomic E-state index is 12.7. The zero-order valence-electron chi connectivity index (χ0n) is 18.1. The molecule has 1 aliphatic heterocycles. The number of thiophene rings is 1. The fourth-order valence-electron chi connectivity index (χ4n) is 3.69. The molecule has 1 saturated heterocycles. The number of anilines is 2. The highest BCUT2D eigenvalue weighted by Crippen LogP contribution is 2.41. The molecule has 0 spiro atoms. The first-order valence-corrected chi connectivity index (χ1v) is 12.8. The van der Waals surface area contributed by atoms with Crippen molar-refractivity contribution in [2.75, 3.05) is 35.7 Å². The van der Waals surface area contributed by atoms with E-state index in [0.717, 1.165) is 48.3 Å². The third-order valence-corrected chi connectivity index (χ3v) is 7.55. The number of ether oxygens (including phenoxy) is 1. The van der Waals surface area contributed by atoms with Crippen LogP contribution in [0.3, 0.4) is 0 Å². The van der Waals surface area contributed by atoms with Crippen molar-refractivity contribution in [2.45, 2.75) is 63.6 Å². The highest BCUT2D eigenvalue weighted by atomic mass is 32.2. The minimum absolute atomic E-state index is 0.162. The smallest absolute Gasteiger partial charge is 0.341 e. The van der Waals surface area contributed by atoms with Crippen molar-refractivity contribution < 1.29 is 14.3 Å². The third-order valence-electron chi connectivity index (χ3n) is 5.41. The van der Waals surface area contributed by atoms with E-state index in [4.69, 9.17) is 4.74 Å². The first kappa shape index (κ1) is 22.1. The van der Waals surface area contributed by atoms with Crippen molar-refractivity contribution in [1.29, 1.82) is 0 Å². The highest BCUT2D eigenvalue weighted by Gasteiger charge is 2.32. The Morgan fingerprint density at radius 3 is 2.68 bits per heavy atom. The zero-order chi connectivity index (χ0) is 21.8. The monoisotopic (exact) mass is 463 g/mol. The summed E-state index contributed by atoms with van der Waals surface area (Å²) in [6, 6.07) is 2.25. The highest BCUT2D eigenvalue weighted by molar-refractivity contribution is 7.99. The number of hydrogen-bond acceptors (Lipinski definition) is 8. The van der Waals surface area contributed by atoms with Crippen LogP contribution in [-0.2, 0) is 16.0 Å². The van der Waals surface area contributed by atoms with Gasteiger partial charge in [-0.2, -0.15) is 0 Å². The molecular weight excluding hydrogens is 434 g/mol. The second kappa shape index (κ2) is 10.0. The standard InChI is InChI=1S/C21H29N5O3S2/c1-3-15-12-16(19(28)29-4-2)18(31-15)22-17(27)13-30-21-24-23-20(26(21)14-8-9-14)25-10-6-5-7-11-25/h12,14H,3-11,13H2,1-2H3,(H,22,27). The van der Waals surface area contributed by atoms with E-state index in [1.807, 2.05) is 6.92 Å². The fourth-order valence-corrected chi connectivity index (χ4v) is 5.49. The maximum Gasteiger partial charge on any atom is 0.341 e. The van der Waals surface area contributed by atoms with Crippen LogP contribution in [0.15, 0.2) is 11.2 Å². The molecule has 3 heterocycles. The lowest BCUT2D eigenvalue weighted by molar-refractivity contribution is -0.113. The van der Waals surface area contributed by atoms with E-state index in [9.17, 15) is 9.59 Å². The summed E-state index contributed by atoms with van der Waals surface area (Å²) in [5.41, 5.74) is 0.426. The quantitative estimate of drug-likeness (QED) is 0.442. The van der Waals surface area contributed by atoms with E-state index in [2.05, 4.69) is 25.0 Å². The topological polar surface area (TPSA) is 89.3 Å². The summed E-state index contributed by atoms with van der Waals surface area (Å²) in [4.78, 5) is 28.3. The molecule has 31 heavy (non-hydrogen) atoms. The summed E-state index contributed by atoms with van der Waals surface area (Å²) in [6.07, 6.45) is 6.71. The molecule has 0 bridgehead atoms. The normalized spacial score (nSPS) is 16.4. The number of thioether (sulfide) groups is 1. The van der Waals surface area contributed by atoms with Crippen molar-refractivity contribution in [1.82, 2.24) is 14.8 Å². The lowest BCUT2D eigenvalue weighted by atomic mass is 10.1. The molecule has 1 saturated carbocycles. The van der Waals surface area contributed by atoms with Gasteiger partial charge in [0.15, 0.2) is 5.16 Å². The second-order valence-corrected chi connectivity index (χ2v) is 9.88. The Morgan fingerprint density at radius 1 is 1.23 bits per heavy atom. The van der Waals surface area contributed by atoms with Gasteiger partial charge in [0.05, 0.1) is 17.9 Å². The second-order valence-electron chi connectivity index (χ2n) is 7.80. The molecule has 2 aliphatic rings. The van der Waals surface area contributed by atoms with Gasteiger partial charge in [-0.3, -0.25) is 9.36 Å². The van der Waals surface area contributed by atoms with Crippen LogP contribution in [0.4, 0.5) is 10.9 Å². The van der Waals surface area contributed by atoms with Gasteiger partial charge in [0.25, 0.3) is 0 Å². The first-order valence-electron chi connectivity index (χ1n) is 11.0. The summed E-state index contributed by atoms with van der Waals surface area (Å²) in [5.74, 6) is 0.596. The molecule has 0 aromatic carbocycles.